The Labute approximate surface area is 40.0 Å². The van der Waals surface area contributed by atoms with Gasteiger partial charge in [0.25, 0.3) is 0 Å². The van der Waals surface area contributed by atoms with Crippen molar-refractivity contribution in [2.24, 2.45) is 5.34 Å². The topological polar surface area (TPSA) is 49.7 Å². The highest BCUT2D eigenvalue weighted by molar-refractivity contribution is 3.83. The molecule has 0 bridgehead atoms. The number of rotatable bonds is 0. The van der Waals surface area contributed by atoms with Gasteiger partial charge in [0.15, 0.2) is 5.34 Å². The van der Waals surface area contributed by atoms with Crippen LogP contribution in [-0.4, -0.2) is 5.21 Å². The maximum atomic E-state index is 8.11. The molecule has 0 amide bonds. The molecule has 0 aromatic carbocycles. The number of hydrogen-bond acceptors (Lipinski definition) is 2. The van der Waals surface area contributed by atoms with Gasteiger partial charge in [-0.2, -0.15) is 0 Å². The van der Waals surface area contributed by atoms with Crippen molar-refractivity contribution in [3.63, 3.8) is 0 Å². The van der Waals surface area contributed by atoms with E-state index in [1.54, 1.807) is 0 Å². The summed E-state index contributed by atoms with van der Waals surface area (Å²) >= 11 is 0. The molecule has 0 saturated heterocycles. The fourth-order valence-electron chi connectivity index (χ4n) is 0. The molecule has 3 nitrogen and oxygen atoms in total. The number of nitrogens with zero attached hydrogens (tertiary/aromatic N) is 1. The Bertz CT molecular complexity index is 13.5. The van der Waals surface area contributed by atoms with Gasteiger partial charge in [-0.15, -0.1) is 4.91 Å². The van der Waals surface area contributed by atoms with Crippen LogP contribution in [0.3, 0.4) is 0 Å². The van der Waals surface area contributed by atoms with Gasteiger partial charge < -0.3 is 29.2 Å². The lowest BCUT2D eigenvalue weighted by atomic mass is 13.4. The molecule has 4 heteroatoms. The van der Waals surface area contributed by atoms with E-state index in [-0.39, 0.29) is 24.0 Å². The van der Waals surface area contributed by atoms with Crippen LogP contribution in [0, 0.1) is 4.91 Å². The SMILES string of the molecule is O=NO.[I-]. The first-order valence-electron chi connectivity index (χ1n) is 0.383. The Hall–Kier alpha value is 0.130. The van der Waals surface area contributed by atoms with Crippen LogP contribution >= 0.6 is 0 Å². The molecule has 0 rings (SSSR count). The van der Waals surface area contributed by atoms with Crippen LogP contribution in [0.4, 0.5) is 0 Å². The molecule has 0 aliphatic rings. The van der Waals surface area contributed by atoms with E-state index in [0.717, 1.165) is 0 Å². The van der Waals surface area contributed by atoms with E-state index in [0.29, 0.717) is 0 Å². The van der Waals surface area contributed by atoms with Crippen molar-refractivity contribution in [3.05, 3.63) is 4.91 Å². The zero-order chi connectivity index (χ0) is 2.71. The predicted octanol–water partition coefficient (Wildman–Crippen LogP) is -2.85. The fourth-order valence-corrected chi connectivity index (χ4v) is 0. The Morgan fingerprint density at radius 1 is 1.75 bits per heavy atom. The van der Waals surface area contributed by atoms with E-state index in [4.69, 9.17) is 10.1 Å². The molecule has 0 aromatic heterocycles. The molecule has 0 saturated carbocycles. The minimum atomic E-state index is 0. The van der Waals surface area contributed by atoms with Gasteiger partial charge in [-0.1, -0.05) is 0 Å². The van der Waals surface area contributed by atoms with Crippen LogP contribution in [0.1, 0.15) is 0 Å². The number of halogens is 1. The first-order chi connectivity index (χ1) is 1.41. The Morgan fingerprint density at radius 2 is 1.75 bits per heavy atom. The van der Waals surface area contributed by atoms with Gasteiger partial charge in [-0.3, -0.25) is 0 Å². The third-order valence-electron chi connectivity index (χ3n) is 0. The average Bonchev–Trinajstić information content (AvgIpc) is 0.918. The Morgan fingerprint density at radius 3 is 1.75 bits per heavy atom. The summed E-state index contributed by atoms with van der Waals surface area (Å²) in [5.74, 6) is 0. The van der Waals surface area contributed by atoms with Crippen LogP contribution in [0.5, 0.6) is 0 Å². The highest BCUT2D eigenvalue weighted by Crippen LogP contribution is 1.25. The van der Waals surface area contributed by atoms with E-state index < -0.39 is 0 Å². The molecule has 0 fully saturated rings. The van der Waals surface area contributed by atoms with Crippen LogP contribution in [0.25, 0.3) is 0 Å². The standard InChI is InChI=1S/HI.HNO2/c;2-1-3/h1H;(H,2,3)/p-1. The second-order valence-corrected chi connectivity index (χ2v) is 0.0816. The molecule has 0 atom stereocenters. The summed E-state index contributed by atoms with van der Waals surface area (Å²) < 4.78 is 0. The first kappa shape index (κ1) is 8.92. The number of hydrogen-bond donors (Lipinski definition) is 1. The normalized spacial score (nSPS) is 3.00. The minimum absolute atomic E-state index is 0. The molecular weight excluding hydrogens is 173 g/mol. The summed E-state index contributed by atoms with van der Waals surface area (Å²) in [4.78, 5) is 8.11. The van der Waals surface area contributed by atoms with Gasteiger partial charge in [0.05, 0.1) is 0 Å². The maximum absolute atomic E-state index is 8.11. The van der Waals surface area contributed by atoms with Crippen molar-refractivity contribution in [2.45, 2.75) is 0 Å². The molecule has 0 radical (unpaired) electrons. The summed E-state index contributed by atoms with van der Waals surface area (Å²) in [6.45, 7) is 0. The van der Waals surface area contributed by atoms with Crippen molar-refractivity contribution in [3.8, 4) is 0 Å². The molecule has 0 unspecified atom stereocenters. The van der Waals surface area contributed by atoms with Gasteiger partial charge in [-0.25, -0.2) is 0 Å². The molecule has 0 spiro atoms. The second-order valence-electron chi connectivity index (χ2n) is 0.0816. The molecule has 0 aliphatic heterocycles. The molecule has 0 aliphatic carbocycles. The molecule has 4 heavy (non-hydrogen) atoms. The Kier molecular flexibility index (Phi) is 24.8. The molecule has 1 N–H and O–H groups in total. The van der Waals surface area contributed by atoms with Gasteiger partial charge in [-0.05, 0) is 0 Å². The van der Waals surface area contributed by atoms with Crippen molar-refractivity contribution >= 4 is 0 Å². The maximum Gasteiger partial charge on any atom is 0.152 e. The van der Waals surface area contributed by atoms with Crippen LogP contribution < -0.4 is 24.0 Å². The van der Waals surface area contributed by atoms with Gasteiger partial charge in [0, 0.05) is 0 Å². The van der Waals surface area contributed by atoms with E-state index in [1.807, 2.05) is 0 Å². The highest BCUT2D eigenvalue weighted by Gasteiger charge is 1.18. The average molecular weight is 174 g/mol. The summed E-state index contributed by atoms with van der Waals surface area (Å²) in [7, 11) is 0. The molecule has 26 valence electrons. The van der Waals surface area contributed by atoms with Crippen LogP contribution in [0.2, 0.25) is 0 Å². The van der Waals surface area contributed by atoms with E-state index >= 15 is 0 Å². The van der Waals surface area contributed by atoms with Gasteiger partial charge in [0.2, 0.25) is 0 Å². The summed E-state index contributed by atoms with van der Waals surface area (Å²) in [6.07, 6.45) is 0. The van der Waals surface area contributed by atoms with E-state index in [2.05, 4.69) is 0 Å². The lowest BCUT2D eigenvalue weighted by Gasteiger charge is -1.32. The van der Waals surface area contributed by atoms with Crippen LogP contribution in [-0.2, 0) is 0 Å². The van der Waals surface area contributed by atoms with Crippen molar-refractivity contribution in [1.29, 1.82) is 0 Å². The van der Waals surface area contributed by atoms with Crippen molar-refractivity contribution in [2.75, 3.05) is 0 Å². The highest BCUT2D eigenvalue weighted by atomic mass is 127. The summed E-state index contributed by atoms with van der Waals surface area (Å²) in [6, 6.07) is 0. The van der Waals surface area contributed by atoms with Crippen LogP contribution in [0.15, 0.2) is 5.34 Å². The summed E-state index contributed by atoms with van der Waals surface area (Å²) in [5.41, 5.74) is 0. The smallest absolute Gasteiger partial charge is 0.152 e. The lowest BCUT2D eigenvalue weighted by molar-refractivity contribution is -0.00000168. The third kappa shape index (κ3) is 161. The first-order valence-corrected chi connectivity index (χ1v) is 0.383. The van der Waals surface area contributed by atoms with E-state index in [9.17, 15) is 0 Å². The molecule has 0 heterocycles. The Balaban J connectivity index is 0. The minimum Gasteiger partial charge on any atom is -1.00 e. The van der Waals surface area contributed by atoms with Gasteiger partial charge >= 0.3 is 0 Å². The lowest BCUT2D eigenvalue weighted by Crippen LogP contribution is -3.00. The fraction of sp³-hybridized carbons (Fsp3) is 0. The van der Waals surface area contributed by atoms with Crippen molar-refractivity contribution in [1.82, 2.24) is 0 Å². The predicted molar refractivity (Wildman–Crippen MR) is 7.58 cm³/mol. The monoisotopic (exact) mass is 174 g/mol. The van der Waals surface area contributed by atoms with Gasteiger partial charge in [0.1, 0.15) is 0 Å². The zero-order valence-corrected chi connectivity index (χ0v) is 3.84. The third-order valence-corrected chi connectivity index (χ3v) is 0. The summed E-state index contributed by atoms with van der Waals surface area (Å²) in [5, 5.41) is 7.89. The molecule has 0 aromatic rings. The quantitative estimate of drug-likeness (QED) is 0.244. The largest absolute Gasteiger partial charge is 1.00 e. The molecular formula is HINO2-. The second kappa shape index (κ2) is 11.1. The zero-order valence-electron chi connectivity index (χ0n) is 1.68. The van der Waals surface area contributed by atoms with Crippen molar-refractivity contribution < 1.29 is 29.2 Å². The van der Waals surface area contributed by atoms with E-state index in [1.165, 1.54) is 5.34 Å².